The van der Waals surface area contributed by atoms with Gasteiger partial charge in [0.25, 0.3) is 0 Å². The quantitative estimate of drug-likeness (QED) is 0.737. The summed E-state index contributed by atoms with van der Waals surface area (Å²) in [5.41, 5.74) is 6.32. The zero-order valence-electron chi connectivity index (χ0n) is 6.87. The Bertz CT molecular complexity index is 245. The van der Waals surface area contributed by atoms with E-state index in [0.717, 1.165) is 5.56 Å². The minimum atomic E-state index is -0.609. The molecular weight excluding hydrogens is 174 g/mol. The molecule has 3 N–H and O–H groups in total. The van der Waals surface area contributed by atoms with Crippen LogP contribution in [-0.2, 0) is 0 Å². The van der Waals surface area contributed by atoms with Crippen LogP contribution in [0.3, 0.4) is 0 Å². The van der Waals surface area contributed by atoms with Crippen molar-refractivity contribution in [2.45, 2.75) is 19.1 Å². The molecule has 0 radical (unpaired) electrons. The number of nitrogens with two attached hydrogens (primary N) is 1. The van der Waals surface area contributed by atoms with Gasteiger partial charge in [-0.05, 0) is 24.6 Å². The van der Waals surface area contributed by atoms with Crippen molar-refractivity contribution in [2.24, 2.45) is 5.73 Å². The summed E-state index contributed by atoms with van der Waals surface area (Å²) in [5, 5.41) is 10.2. The lowest BCUT2D eigenvalue weighted by Crippen LogP contribution is -2.24. The molecule has 66 valence electrons. The maximum Gasteiger partial charge on any atom is 0.0938 e. The highest BCUT2D eigenvalue weighted by molar-refractivity contribution is 6.30. The highest BCUT2D eigenvalue weighted by Crippen LogP contribution is 2.17. The third-order valence-corrected chi connectivity index (χ3v) is 1.96. The molecule has 12 heavy (non-hydrogen) atoms. The molecular formula is C9H12ClNO. The summed E-state index contributed by atoms with van der Waals surface area (Å²) in [6.07, 6.45) is -0.609. The molecule has 0 heterocycles. The Balaban J connectivity index is 2.82. The number of rotatable bonds is 2. The van der Waals surface area contributed by atoms with Gasteiger partial charge < -0.3 is 10.8 Å². The van der Waals surface area contributed by atoms with E-state index in [0.29, 0.717) is 5.02 Å². The molecule has 0 aromatic heterocycles. The van der Waals surface area contributed by atoms with Crippen molar-refractivity contribution < 1.29 is 5.11 Å². The van der Waals surface area contributed by atoms with E-state index in [2.05, 4.69) is 0 Å². The molecule has 0 fully saturated rings. The Labute approximate surface area is 77.0 Å². The topological polar surface area (TPSA) is 46.2 Å². The monoisotopic (exact) mass is 185 g/mol. The van der Waals surface area contributed by atoms with Gasteiger partial charge in [0.05, 0.1) is 6.10 Å². The van der Waals surface area contributed by atoms with Gasteiger partial charge in [0.15, 0.2) is 0 Å². The van der Waals surface area contributed by atoms with Gasteiger partial charge in [-0.1, -0.05) is 23.7 Å². The van der Waals surface area contributed by atoms with E-state index >= 15 is 0 Å². The predicted molar refractivity (Wildman–Crippen MR) is 50.1 cm³/mol. The van der Waals surface area contributed by atoms with Crippen molar-refractivity contribution in [1.29, 1.82) is 0 Å². The van der Waals surface area contributed by atoms with Crippen LogP contribution in [-0.4, -0.2) is 11.1 Å². The highest BCUT2D eigenvalue weighted by Gasteiger charge is 2.11. The molecule has 0 amide bonds. The molecule has 0 aliphatic rings. The second kappa shape index (κ2) is 3.90. The lowest BCUT2D eigenvalue weighted by molar-refractivity contribution is 0.153. The van der Waals surface area contributed by atoms with E-state index < -0.39 is 6.10 Å². The van der Waals surface area contributed by atoms with Gasteiger partial charge >= 0.3 is 0 Å². The van der Waals surface area contributed by atoms with Gasteiger partial charge in [0.2, 0.25) is 0 Å². The van der Waals surface area contributed by atoms with Crippen LogP contribution >= 0.6 is 11.6 Å². The van der Waals surface area contributed by atoms with Crippen molar-refractivity contribution in [3.63, 3.8) is 0 Å². The first-order chi connectivity index (χ1) is 5.61. The number of aliphatic hydroxyl groups excluding tert-OH is 1. The predicted octanol–water partition coefficient (Wildman–Crippen LogP) is 1.72. The summed E-state index contributed by atoms with van der Waals surface area (Å²) >= 11 is 5.68. The Morgan fingerprint density at radius 3 is 2.25 bits per heavy atom. The van der Waals surface area contributed by atoms with Crippen LogP contribution in [0.2, 0.25) is 5.02 Å². The third kappa shape index (κ3) is 2.21. The second-order valence-electron chi connectivity index (χ2n) is 2.86. The smallest absolute Gasteiger partial charge is 0.0938 e. The number of aliphatic hydroxyl groups is 1. The molecule has 0 saturated carbocycles. The minimum absolute atomic E-state index is 0.258. The number of halogens is 1. The summed E-state index contributed by atoms with van der Waals surface area (Å²) in [6, 6.07) is 6.77. The zero-order valence-corrected chi connectivity index (χ0v) is 7.62. The van der Waals surface area contributed by atoms with E-state index in [-0.39, 0.29) is 6.04 Å². The first-order valence-electron chi connectivity index (χ1n) is 3.80. The molecule has 0 saturated heterocycles. The summed E-state index contributed by atoms with van der Waals surface area (Å²) in [7, 11) is 0. The van der Waals surface area contributed by atoms with Gasteiger partial charge in [-0.15, -0.1) is 0 Å². The van der Waals surface area contributed by atoms with Crippen LogP contribution in [0.5, 0.6) is 0 Å². The van der Waals surface area contributed by atoms with E-state index in [1.165, 1.54) is 0 Å². The maximum atomic E-state index is 9.52. The first kappa shape index (κ1) is 9.52. The van der Waals surface area contributed by atoms with Crippen LogP contribution in [0.1, 0.15) is 18.6 Å². The molecule has 0 spiro atoms. The number of hydrogen-bond acceptors (Lipinski definition) is 2. The van der Waals surface area contributed by atoms with Gasteiger partial charge in [0, 0.05) is 11.1 Å². The average molecular weight is 186 g/mol. The summed E-state index contributed by atoms with van der Waals surface area (Å²) in [5.74, 6) is 0. The molecule has 1 rings (SSSR count). The standard InChI is InChI=1S/C9H12ClNO/c1-6(11)9(12)7-2-4-8(10)5-3-7/h2-6,9,12H,11H2,1H3/t6-,9?/m1/s1. The lowest BCUT2D eigenvalue weighted by Gasteiger charge is -2.14. The summed E-state index contributed by atoms with van der Waals surface area (Å²) in [4.78, 5) is 0. The normalized spacial score (nSPS) is 15.7. The molecule has 3 heteroatoms. The fraction of sp³-hybridized carbons (Fsp3) is 0.333. The van der Waals surface area contributed by atoms with Crippen molar-refractivity contribution in [2.75, 3.05) is 0 Å². The fourth-order valence-electron chi connectivity index (χ4n) is 0.964. The van der Waals surface area contributed by atoms with Gasteiger partial charge in [-0.25, -0.2) is 0 Å². The first-order valence-corrected chi connectivity index (χ1v) is 4.18. The number of benzene rings is 1. The fourth-order valence-corrected chi connectivity index (χ4v) is 1.09. The Morgan fingerprint density at radius 2 is 1.83 bits per heavy atom. The highest BCUT2D eigenvalue weighted by atomic mass is 35.5. The van der Waals surface area contributed by atoms with Crippen molar-refractivity contribution >= 4 is 11.6 Å². The molecule has 0 aliphatic heterocycles. The molecule has 1 unspecified atom stereocenters. The Morgan fingerprint density at radius 1 is 1.33 bits per heavy atom. The number of hydrogen-bond donors (Lipinski definition) is 2. The molecule has 2 nitrogen and oxygen atoms in total. The largest absolute Gasteiger partial charge is 0.387 e. The second-order valence-corrected chi connectivity index (χ2v) is 3.29. The van der Waals surface area contributed by atoms with Crippen LogP contribution in [0.15, 0.2) is 24.3 Å². The van der Waals surface area contributed by atoms with Crippen LogP contribution in [0.4, 0.5) is 0 Å². The van der Waals surface area contributed by atoms with Crippen molar-refractivity contribution in [3.8, 4) is 0 Å². The third-order valence-electron chi connectivity index (χ3n) is 1.71. The SMILES string of the molecule is C[C@@H](N)C(O)c1ccc(Cl)cc1. The van der Waals surface area contributed by atoms with Crippen LogP contribution in [0, 0.1) is 0 Å². The Kier molecular flexibility index (Phi) is 3.09. The lowest BCUT2D eigenvalue weighted by atomic mass is 10.0. The molecule has 0 bridgehead atoms. The van der Waals surface area contributed by atoms with Gasteiger partial charge in [-0.3, -0.25) is 0 Å². The minimum Gasteiger partial charge on any atom is -0.387 e. The van der Waals surface area contributed by atoms with Gasteiger partial charge in [0.1, 0.15) is 0 Å². The molecule has 1 aromatic rings. The Hall–Kier alpha value is -0.570. The van der Waals surface area contributed by atoms with Crippen LogP contribution < -0.4 is 5.73 Å². The zero-order chi connectivity index (χ0) is 9.14. The average Bonchev–Trinajstić information content (AvgIpc) is 2.04. The molecule has 2 atom stereocenters. The van der Waals surface area contributed by atoms with E-state index in [9.17, 15) is 5.11 Å². The van der Waals surface area contributed by atoms with Gasteiger partial charge in [-0.2, -0.15) is 0 Å². The van der Waals surface area contributed by atoms with E-state index in [1.807, 2.05) is 0 Å². The van der Waals surface area contributed by atoms with Crippen molar-refractivity contribution in [3.05, 3.63) is 34.9 Å². The summed E-state index contributed by atoms with van der Waals surface area (Å²) < 4.78 is 0. The molecule has 0 aliphatic carbocycles. The van der Waals surface area contributed by atoms with E-state index in [4.69, 9.17) is 17.3 Å². The van der Waals surface area contributed by atoms with Crippen molar-refractivity contribution in [1.82, 2.24) is 0 Å². The maximum absolute atomic E-state index is 9.52. The summed E-state index contributed by atoms with van der Waals surface area (Å²) in [6.45, 7) is 1.76. The van der Waals surface area contributed by atoms with Crippen LogP contribution in [0.25, 0.3) is 0 Å². The molecule has 1 aromatic carbocycles. The van der Waals surface area contributed by atoms with E-state index in [1.54, 1.807) is 31.2 Å².